The highest BCUT2D eigenvalue weighted by Crippen LogP contribution is 2.12. The van der Waals surface area contributed by atoms with Gasteiger partial charge < -0.3 is 4.74 Å². The third kappa shape index (κ3) is 4.17. The van der Waals surface area contributed by atoms with Crippen molar-refractivity contribution in [2.24, 2.45) is 7.05 Å². The SMILES string of the molecule is Cc1ccc(C)c(C(=O)COC(=O)CCc2nc3ccccc3c(=O)n2C)c1. The van der Waals surface area contributed by atoms with Gasteiger partial charge in [0.25, 0.3) is 5.56 Å². The Hall–Kier alpha value is -3.28. The van der Waals surface area contributed by atoms with Crippen LogP contribution in [0.1, 0.15) is 33.7 Å². The average molecular weight is 378 g/mol. The summed E-state index contributed by atoms with van der Waals surface area (Å²) < 4.78 is 6.57. The van der Waals surface area contributed by atoms with Crippen LogP contribution in [0, 0.1) is 13.8 Å². The Balaban J connectivity index is 1.62. The summed E-state index contributed by atoms with van der Waals surface area (Å²) in [5.41, 5.74) is 2.83. The molecule has 0 amide bonds. The number of carbonyl (C=O) groups excluding carboxylic acids is 2. The number of nitrogens with zero attached hydrogens (tertiary/aromatic N) is 2. The highest BCUT2D eigenvalue weighted by Gasteiger charge is 2.14. The maximum absolute atomic E-state index is 12.4. The molecule has 6 heteroatoms. The van der Waals surface area contributed by atoms with Gasteiger partial charge in [-0.1, -0.05) is 29.8 Å². The van der Waals surface area contributed by atoms with Crippen LogP contribution in [0.15, 0.2) is 47.3 Å². The zero-order valence-electron chi connectivity index (χ0n) is 16.2. The highest BCUT2D eigenvalue weighted by molar-refractivity contribution is 5.99. The smallest absolute Gasteiger partial charge is 0.306 e. The predicted octanol–water partition coefficient (Wildman–Crippen LogP) is 2.91. The quantitative estimate of drug-likeness (QED) is 0.487. The lowest BCUT2D eigenvalue weighted by atomic mass is 10.0. The molecular formula is C22H22N2O4. The molecule has 0 saturated carbocycles. The number of esters is 1. The lowest BCUT2D eigenvalue weighted by Crippen LogP contribution is -2.23. The van der Waals surface area contributed by atoms with Gasteiger partial charge in [-0.3, -0.25) is 19.0 Å². The second-order valence-electron chi connectivity index (χ2n) is 6.81. The van der Waals surface area contributed by atoms with Crippen molar-refractivity contribution in [2.75, 3.05) is 6.61 Å². The van der Waals surface area contributed by atoms with Crippen LogP contribution in [0.25, 0.3) is 10.9 Å². The normalized spacial score (nSPS) is 10.8. The van der Waals surface area contributed by atoms with Gasteiger partial charge >= 0.3 is 5.97 Å². The van der Waals surface area contributed by atoms with Gasteiger partial charge in [0.2, 0.25) is 5.78 Å². The first-order chi connectivity index (χ1) is 13.4. The zero-order valence-corrected chi connectivity index (χ0v) is 16.2. The first kappa shape index (κ1) is 19.5. The molecule has 1 aromatic heterocycles. The Bertz CT molecular complexity index is 1120. The van der Waals surface area contributed by atoms with Gasteiger partial charge in [0.1, 0.15) is 5.82 Å². The van der Waals surface area contributed by atoms with E-state index in [0.717, 1.165) is 11.1 Å². The minimum absolute atomic E-state index is 0.0404. The molecular weight excluding hydrogens is 356 g/mol. The molecule has 0 atom stereocenters. The summed E-state index contributed by atoms with van der Waals surface area (Å²) in [5.74, 6) is -0.228. The molecule has 0 aliphatic rings. The number of ketones is 1. The molecule has 0 radical (unpaired) electrons. The molecule has 6 nitrogen and oxygen atoms in total. The average Bonchev–Trinajstić information content (AvgIpc) is 2.69. The predicted molar refractivity (Wildman–Crippen MR) is 107 cm³/mol. The minimum atomic E-state index is -0.499. The van der Waals surface area contributed by atoms with Crippen molar-refractivity contribution in [2.45, 2.75) is 26.7 Å². The fourth-order valence-electron chi connectivity index (χ4n) is 3.03. The monoisotopic (exact) mass is 378 g/mol. The number of rotatable bonds is 6. The fraction of sp³-hybridized carbons (Fsp3) is 0.273. The number of aryl methyl sites for hydroxylation is 3. The Labute approximate surface area is 162 Å². The minimum Gasteiger partial charge on any atom is -0.457 e. The molecule has 0 unspecified atom stereocenters. The number of fused-ring (bicyclic) bond motifs is 1. The number of para-hydroxylation sites is 1. The second-order valence-corrected chi connectivity index (χ2v) is 6.81. The van der Waals surface area contributed by atoms with Crippen LogP contribution in [0.5, 0.6) is 0 Å². The number of hydrogen-bond acceptors (Lipinski definition) is 5. The Morgan fingerprint density at radius 3 is 2.64 bits per heavy atom. The van der Waals surface area contributed by atoms with Crippen molar-refractivity contribution < 1.29 is 14.3 Å². The number of carbonyl (C=O) groups is 2. The van der Waals surface area contributed by atoms with Crippen LogP contribution in [-0.4, -0.2) is 27.9 Å². The molecule has 3 aromatic rings. The Morgan fingerprint density at radius 1 is 1.11 bits per heavy atom. The maximum atomic E-state index is 12.4. The maximum Gasteiger partial charge on any atom is 0.306 e. The molecule has 28 heavy (non-hydrogen) atoms. The standard InChI is InChI=1S/C22H22N2O4/c1-14-8-9-15(2)17(12-14)19(25)13-28-21(26)11-10-20-23-18-7-5-4-6-16(18)22(27)24(20)3/h4-9,12H,10-11,13H2,1-3H3. The molecule has 0 spiro atoms. The van der Waals surface area contributed by atoms with E-state index in [1.54, 1.807) is 31.3 Å². The van der Waals surface area contributed by atoms with Gasteiger partial charge in [-0.15, -0.1) is 0 Å². The summed E-state index contributed by atoms with van der Waals surface area (Å²) in [5, 5.41) is 0.537. The Morgan fingerprint density at radius 2 is 1.86 bits per heavy atom. The van der Waals surface area contributed by atoms with Crippen LogP contribution in [-0.2, 0) is 23.0 Å². The van der Waals surface area contributed by atoms with E-state index in [4.69, 9.17) is 4.74 Å². The van der Waals surface area contributed by atoms with E-state index in [-0.39, 0.29) is 30.8 Å². The largest absolute Gasteiger partial charge is 0.457 e. The molecule has 0 saturated heterocycles. The summed E-state index contributed by atoms with van der Waals surface area (Å²) in [6.45, 7) is 3.46. The number of hydrogen-bond donors (Lipinski definition) is 0. The van der Waals surface area contributed by atoms with Crippen LogP contribution in [0.2, 0.25) is 0 Å². The van der Waals surface area contributed by atoms with Crippen LogP contribution < -0.4 is 5.56 Å². The first-order valence-corrected chi connectivity index (χ1v) is 9.07. The molecule has 2 aromatic carbocycles. The van der Waals surface area contributed by atoms with E-state index in [1.807, 2.05) is 32.0 Å². The second kappa shape index (κ2) is 8.17. The first-order valence-electron chi connectivity index (χ1n) is 9.07. The molecule has 1 heterocycles. The molecule has 3 rings (SSSR count). The topological polar surface area (TPSA) is 78.3 Å². The van der Waals surface area contributed by atoms with E-state index >= 15 is 0 Å². The molecule has 144 valence electrons. The number of ether oxygens (including phenoxy) is 1. The van der Waals surface area contributed by atoms with Gasteiger partial charge in [0.05, 0.1) is 17.3 Å². The van der Waals surface area contributed by atoms with E-state index < -0.39 is 5.97 Å². The van der Waals surface area contributed by atoms with Gasteiger partial charge in [-0.25, -0.2) is 4.98 Å². The van der Waals surface area contributed by atoms with Gasteiger partial charge in [0, 0.05) is 19.0 Å². The van der Waals surface area contributed by atoms with E-state index in [0.29, 0.717) is 22.3 Å². The summed E-state index contributed by atoms with van der Waals surface area (Å²) >= 11 is 0. The third-order valence-electron chi connectivity index (χ3n) is 4.69. The van der Waals surface area contributed by atoms with Crippen molar-refractivity contribution in [1.29, 1.82) is 0 Å². The van der Waals surface area contributed by atoms with E-state index in [1.165, 1.54) is 4.57 Å². The van der Waals surface area contributed by atoms with Crippen molar-refractivity contribution in [3.8, 4) is 0 Å². The van der Waals surface area contributed by atoms with E-state index in [2.05, 4.69) is 4.98 Å². The Kier molecular flexibility index (Phi) is 5.68. The summed E-state index contributed by atoms with van der Waals surface area (Å²) in [7, 11) is 1.63. The van der Waals surface area contributed by atoms with E-state index in [9.17, 15) is 14.4 Å². The summed E-state index contributed by atoms with van der Waals surface area (Å²) in [6.07, 6.45) is 0.297. The summed E-state index contributed by atoms with van der Waals surface area (Å²) in [4.78, 5) is 41.2. The third-order valence-corrected chi connectivity index (χ3v) is 4.69. The molecule has 0 fully saturated rings. The van der Waals surface area contributed by atoms with Crippen molar-refractivity contribution in [3.05, 3.63) is 75.3 Å². The lowest BCUT2D eigenvalue weighted by Gasteiger charge is -2.10. The number of benzene rings is 2. The van der Waals surface area contributed by atoms with Crippen LogP contribution in [0.3, 0.4) is 0 Å². The molecule has 0 N–H and O–H groups in total. The van der Waals surface area contributed by atoms with Gasteiger partial charge in [-0.2, -0.15) is 0 Å². The number of aromatic nitrogens is 2. The van der Waals surface area contributed by atoms with Crippen molar-refractivity contribution in [1.82, 2.24) is 9.55 Å². The van der Waals surface area contributed by atoms with Gasteiger partial charge in [0.15, 0.2) is 6.61 Å². The fourth-order valence-corrected chi connectivity index (χ4v) is 3.03. The zero-order chi connectivity index (χ0) is 20.3. The molecule has 0 aliphatic carbocycles. The summed E-state index contributed by atoms with van der Waals surface area (Å²) in [6, 6.07) is 12.7. The van der Waals surface area contributed by atoms with Crippen molar-refractivity contribution in [3.63, 3.8) is 0 Å². The molecule has 0 aliphatic heterocycles. The highest BCUT2D eigenvalue weighted by atomic mass is 16.5. The van der Waals surface area contributed by atoms with Gasteiger partial charge in [-0.05, 0) is 37.6 Å². The lowest BCUT2D eigenvalue weighted by molar-refractivity contribution is -0.142. The number of Topliss-reactive ketones (excluding diaryl/α,β-unsaturated/α-hetero) is 1. The van der Waals surface area contributed by atoms with Crippen molar-refractivity contribution >= 4 is 22.7 Å². The van der Waals surface area contributed by atoms with Crippen LogP contribution >= 0.6 is 0 Å². The molecule has 0 bridgehead atoms. The van der Waals surface area contributed by atoms with Crippen LogP contribution in [0.4, 0.5) is 0 Å².